The lowest BCUT2D eigenvalue weighted by molar-refractivity contribution is -0.120. The van der Waals surface area contributed by atoms with Gasteiger partial charge in [0.05, 0.1) is 9.79 Å². The summed E-state index contributed by atoms with van der Waals surface area (Å²) in [7, 11) is -7.55. The Morgan fingerprint density at radius 1 is 0.900 bits per heavy atom. The molecule has 2 rings (SSSR count). The number of carbonyl (C=O) groups excluding carboxylic acids is 1. The number of nitrogens with zero attached hydrogens (tertiary/aromatic N) is 1. The van der Waals surface area contributed by atoms with Crippen molar-refractivity contribution in [3.05, 3.63) is 24.3 Å². The van der Waals surface area contributed by atoms with Gasteiger partial charge >= 0.3 is 0 Å². The summed E-state index contributed by atoms with van der Waals surface area (Å²) in [5.41, 5.74) is 0. The summed E-state index contributed by atoms with van der Waals surface area (Å²) in [4.78, 5) is 11.0. The van der Waals surface area contributed by atoms with Gasteiger partial charge in [-0.25, -0.2) is 22.0 Å². The number of nitrogens with two attached hydrogens (primary N) is 1. The van der Waals surface area contributed by atoms with Crippen molar-refractivity contribution in [1.29, 1.82) is 0 Å². The second-order valence-corrected chi connectivity index (χ2v) is 7.96. The Morgan fingerprint density at radius 3 is 1.80 bits per heavy atom. The van der Waals surface area contributed by atoms with Crippen LogP contribution < -0.4 is 5.14 Å². The number of primary sulfonamides is 1. The van der Waals surface area contributed by atoms with Crippen LogP contribution in [0.4, 0.5) is 0 Å². The molecule has 0 aromatic heterocycles. The molecular weight excluding hydrogens is 304 g/mol. The number of carbonyl (C=O) groups is 1. The summed E-state index contributed by atoms with van der Waals surface area (Å²) < 4.78 is 48.0. The third-order valence-electron chi connectivity index (χ3n) is 3.07. The molecule has 2 N–H and O–H groups in total. The highest BCUT2D eigenvalue weighted by molar-refractivity contribution is 7.89. The van der Waals surface area contributed by atoms with Crippen molar-refractivity contribution < 1.29 is 21.6 Å². The summed E-state index contributed by atoms with van der Waals surface area (Å²) in [5.74, 6) is 0.0426. The number of hydrogen-bond acceptors (Lipinski definition) is 5. The van der Waals surface area contributed by atoms with E-state index in [0.29, 0.717) is 0 Å². The molecule has 1 heterocycles. The number of rotatable bonds is 3. The van der Waals surface area contributed by atoms with Crippen molar-refractivity contribution in [1.82, 2.24) is 4.31 Å². The molecule has 7 nitrogen and oxygen atoms in total. The minimum atomic E-state index is -3.85. The lowest BCUT2D eigenvalue weighted by Crippen LogP contribution is -2.38. The molecule has 0 saturated carbocycles. The molecule has 1 aliphatic rings. The Bertz CT molecular complexity index is 713. The SMILES string of the molecule is NS(=O)(=O)c1ccc(S(=O)(=O)N2CCC(=O)CC2)cc1. The van der Waals surface area contributed by atoms with E-state index in [2.05, 4.69) is 0 Å². The molecule has 0 amide bonds. The van der Waals surface area contributed by atoms with E-state index in [1.165, 1.54) is 16.4 Å². The predicted molar refractivity (Wildman–Crippen MR) is 70.8 cm³/mol. The normalized spacial score (nSPS) is 18.1. The van der Waals surface area contributed by atoms with Gasteiger partial charge in [0.2, 0.25) is 20.0 Å². The Hall–Kier alpha value is -1.29. The van der Waals surface area contributed by atoms with Crippen molar-refractivity contribution in [3.63, 3.8) is 0 Å². The third kappa shape index (κ3) is 3.06. The fourth-order valence-corrected chi connectivity index (χ4v) is 3.88. The number of Topliss-reactive ketones (excluding diaryl/α,β-unsaturated/α-hetero) is 1. The van der Waals surface area contributed by atoms with Gasteiger partial charge in [0.1, 0.15) is 5.78 Å². The molecular formula is C11H14N2O5S2. The van der Waals surface area contributed by atoms with Crippen LogP contribution in [-0.2, 0) is 24.8 Å². The number of hydrogen-bond donors (Lipinski definition) is 1. The number of ketones is 1. The second-order valence-electron chi connectivity index (χ2n) is 4.46. The van der Waals surface area contributed by atoms with Gasteiger partial charge in [-0.2, -0.15) is 4.31 Å². The van der Waals surface area contributed by atoms with Crippen LogP contribution in [0.15, 0.2) is 34.1 Å². The third-order valence-corrected chi connectivity index (χ3v) is 5.91. The van der Waals surface area contributed by atoms with Gasteiger partial charge in [-0.1, -0.05) is 0 Å². The topological polar surface area (TPSA) is 115 Å². The first-order chi connectivity index (χ1) is 9.21. The zero-order valence-corrected chi connectivity index (χ0v) is 12.2. The molecule has 0 radical (unpaired) electrons. The van der Waals surface area contributed by atoms with Crippen LogP contribution in [0.1, 0.15) is 12.8 Å². The van der Waals surface area contributed by atoms with Gasteiger partial charge in [0.25, 0.3) is 0 Å². The predicted octanol–water partition coefficient (Wildman–Crippen LogP) is -0.312. The minimum absolute atomic E-state index is 0.0146. The van der Waals surface area contributed by atoms with Crippen LogP contribution in [0.5, 0.6) is 0 Å². The number of sulfonamides is 2. The van der Waals surface area contributed by atoms with Gasteiger partial charge in [0, 0.05) is 25.9 Å². The fraction of sp³-hybridized carbons (Fsp3) is 0.364. The first-order valence-corrected chi connectivity index (χ1v) is 8.84. The largest absolute Gasteiger partial charge is 0.300 e. The Kier molecular flexibility index (Phi) is 3.96. The lowest BCUT2D eigenvalue weighted by atomic mass is 10.1. The molecule has 1 fully saturated rings. The fourth-order valence-electron chi connectivity index (χ4n) is 1.93. The molecule has 0 unspecified atom stereocenters. The van der Waals surface area contributed by atoms with Crippen LogP contribution in [0.25, 0.3) is 0 Å². The molecule has 110 valence electrons. The van der Waals surface area contributed by atoms with Crippen molar-refractivity contribution in [2.24, 2.45) is 5.14 Å². The molecule has 0 aliphatic carbocycles. The van der Waals surface area contributed by atoms with Crippen LogP contribution in [0, 0.1) is 0 Å². The minimum Gasteiger partial charge on any atom is -0.300 e. The summed E-state index contributed by atoms with van der Waals surface area (Å²) in [5, 5.41) is 4.95. The van der Waals surface area contributed by atoms with E-state index in [1.807, 2.05) is 0 Å². The monoisotopic (exact) mass is 318 g/mol. The van der Waals surface area contributed by atoms with E-state index < -0.39 is 20.0 Å². The standard InChI is InChI=1S/C11H14N2O5S2/c12-19(15,16)10-1-3-11(4-2-10)20(17,18)13-7-5-9(14)6-8-13/h1-4H,5-8H2,(H2,12,15,16). The number of piperidine rings is 1. The first kappa shape index (κ1) is 15.1. The zero-order valence-electron chi connectivity index (χ0n) is 10.5. The highest BCUT2D eigenvalue weighted by atomic mass is 32.2. The molecule has 1 saturated heterocycles. The lowest BCUT2D eigenvalue weighted by Gasteiger charge is -2.25. The maximum Gasteiger partial charge on any atom is 0.243 e. The maximum atomic E-state index is 12.3. The summed E-state index contributed by atoms with van der Waals surface area (Å²) in [6.45, 7) is 0.302. The van der Waals surface area contributed by atoms with Crippen molar-refractivity contribution in [2.75, 3.05) is 13.1 Å². The first-order valence-electron chi connectivity index (χ1n) is 5.86. The van der Waals surface area contributed by atoms with E-state index in [1.54, 1.807) is 0 Å². The summed E-state index contributed by atoms with van der Waals surface area (Å²) in [6.07, 6.45) is 0.406. The molecule has 1 aliphatic heterocycles. The Labute approximate surface area is 117 Å². The summed E-state index contributed by atoms with van der Waals surface area (Å²) in [6, 6.07) is 4.70. The summed E-state index contributed by atoms with van der Waals surface area (Å²) >= 11 is 0. The molecule has 1 aromatic rings. The number of benzene rings is 1. The van der Waals surface area contributed by atoms with E-state index >= 15 is 0 Å². The molecule has 1 aromatic carbocycles. The smallest absolute Gasteiger partial charge is 0.243 e. The molecule has 20 heavy (non-hydrogen) atoms. The van der Waals surface area contributed by atoms with Gasteiger partial charge in [-0.15, -0.1) is 0 Å². The second kappa shape index (κ2) is 5.24. The van der Waals surface area contributed by atoms with Crippen molar-refractivity contribution in [2.45, 2.75) is 22.6 Å². The van der Waals surface area contributed by atoms with Crippen LogP contribution in [0.3, 0.4) is 0 Å². The van der Waals surface area contributed by atoms with Gasteiger partial charge < -0.3 is 0 Å². The highest BCUT2D eigenvalue weighted by Gasteiger charge is 2.28. The Morgan fingerprint density at radius 2 is 1.35 bits per heavy atom. The molecule has 0 bridgehead atoms. The van der Waals surface area contributed by atoms with E-state index in [0.717, 1.165) is 12.1 Å². The zero-order chi connectivity index (χ0) is 15.0. The molecule has 0 spiro atoms. The van der Waals surface area contributed by atoms with Gasteiger partial charge in [-0.05, 0) is 24.3 Å². The van der Waals surface area contributed by atoms with Crippen molar-refractivity contribution in [3.8, 4) is 0 Å². The quantitative estimate of drug-likeness (QED) is 0.821. The maximum absolute atomic E-state index is 12.3. The molecule has 0 atom stereocenters. The van der Waals surface area contributed by atoms with Crippen molar-refractivity contribution >= 4 is 25.8 Å². The van der Waals surface area contributed by atoms with Gasteiger partial charge in [0.15, 0.2) is 0 Å². The average Bonchev–Trinajstić information content (AvgIpc) is 2.38. The van der Waals surface area contributed by atoms with Gasteiger partial charge in [-0.3, -0.25) is 4.79 Å². The van der Waals surface area contributed by atoms with E-state index in [-0.39, 0.29) is 41.5 Å². The van der Waals surface area contributed by atoms with Crippen LogP contribution in [-0.4, -0.2) is 40.0 Å². The Balaban J connectivity index is 2.28. The van der Waals surface area contributed by atoms with Crippen LogP contribution in [0.2, 0.25) is 0 Å². The highest BCUT2D eigenvalue weighted by Crippen LogP contribution is 2.20. The average molecular weight is 318 g/mol. The molecule has 9 heteroatoms. The van der Waals surface area contributed by atoms with E-state index in [9.17, 15) is 21.6 Å². The van der Waals surface area contributed by atoms with Crippen LogP contribution >= 0.6 is 0 Å². The van der Waals surface area contributed by atoms with E-state index in [4.69, 9.17) is 5.14 Å².